The predicted molar refractivity (Wildman–Crippen MR) is 121 cm³/mol. The van der Waals surface area contributed by atoms with Gasteiger partial charge in [0.25, 0.3) is 0 Å². The number of imidazole rings is 1. The number of aliphatic imine (C=N–C) groups is 1. The fraction of sp³-hybridized carbons (Fsp3) is 0.389. The van der Waals surface area contributed by atoms with Crippen LogP contribution in [-0.4, -0.2) is 27.5 Å². The Morgan fingerprint density at radius 3 is 2.67 bits per heavy atom. The molecule has 0 atom stereocenters. The molecule has 0 fully saturated rings. The number of pyridine rings is 1. The molecule has 0 unspecified atom stereocenters. The highest BCUT2D eigenvalue weighted by Crippen LogP contribution is 2.15. The van der Waals surface area contributed by atoms with Crippen molar-refractivity contribution in [2.24, 2.45) is 4.99 Å². The average molecular weight is 547 g/mol. The summed E-state index contributed by atoms with van der Waals surface area (Å²) in [6.07, 6.45) is 5.67. The van der Waals surface area contributed by atoms with Gasteiger partial charge in [0.15, 0.2) is 5.96 Å². The number of hydrogen-bond acceptors (Lipinski definition) is 4. The minimum atomic E-state index is 0. The quantitative estimate of drug-likeness (QED) is 0.280. The number of fused-ring (bicyclic) bond motifs is 1. The smallest absolute Gasteiger partial charge is 0.191 e. The van der Waals surface area contributed by atoms with Gasteiger partial charge in [-0.2, -0.15) is 0 Å². The van der Waals surface area contributed by atoms with E-state index in [4.69, 9.17) is 4.52 Å². The summed E-state index contributed by atoms with van der Waals surface area (Å²) in [5.74, 6) is 1.64. The Morgan fingerprint density at radius 1 is 1.19 bits per heavy atom. The van der Waals surface area contributed by atoms with E-state index in [2.05, 4.69) is 55.5 Å². The molecule has 0 saturated heterocycles. The van der Waals surface area contributed by atoms with Crippen LogP contribution in [0.2, 0.25) is 0 Å². The third kappa shape index (κ3) is 5.22. The molecular formula is C18H24BrIN6O. The molecule has 3 rings (SSSR count). The van der Waals surface area contributed by atoms with Gasteiger partial charge in [-0.25, -0.2) is 4.98 Å². The third-order valence-electron chi connectivity index (χ3n) is 4.16. The molecule has 7 nitrogen and oxygen atoms in total. The van der Waals surface area contributed by atoms with Gasteiger partial charge in [-0.1, -0.05) is 19.0 Å². The molecule has 0 bridgehead atoms. The number of aromatic nitrogens is 3. The zero-order chi connectivity index (χ0) is 18.5. The molecule has 3 aromatic heterocycles. The highest BCUT2D eigenvalue weighted by Gasteiger charge is 2.13. The minimum absolute atomic E-state index is 0. The lowest BCUT2D eigenvalue weighted by Crippen LogP contribution is -2.36. The standard InChI is InChI=1S/C18H23BrN6O.HI/c1-4-15-14(16(5-2)26-24-15)9-22-18(20-3)21-8-13-11-25-10-12(19)6-7-17(25)23-13;/h6-7,10-11H,4-5,8-9H2,1-3H3,(H2,20,21,22);1H. The van der Waals surface area contributed by atoms with Crippen molar-refractivity contribution in [3.05, 3.63) is 51.7 Å². The van der Waals surface area contributed by atoms with Crippen LogP contribution >= 0.6 is 39.9 Å². The maximum Gasteiger partial charge on any atom is 0.191 e. The molecule has 9 heteroatoms. The van der Waals surface area contributed by atoms with E-state index in [9.17, 15) is 0 Å². The molecule has 146 valence electrons. The predicted octanol–water partition coefficient (Wildman–Crippen LogP) is 3.69. The summed E-state index contributed by atoms with van der Waals surface area (Å²) in [4.78, 5) is 8.88. The van der Waals surface area contributed by atoms with Crippen LogP contribution in [0, 0.1) is 0 Å². The molecular weight excluding hydrogens is 523 g/mol. The lowest BCUT2D eigenvalue weighted by Gasteiger charge is -2.11. The number of hydrogen-bond donors (Lipinski definition) is 2. The van der Waals surface area contributed by atoms with Crippen LogP contribution in [0.3, 0.4) is 0 Å². The first kappa shape index (κ1) is 21.7. The number of halogens is 2. The van der Waals surface area contributed by atoms with Crippen molar-refractivity contribution in [1.82, 2.24) is 25.2 Å². The summed E-state index contributed by atoms with van der Waals surface area (Å²) < 4.78 is 8.42. The maximum absolute atomic E-state index is 5.41. The molecule has 27 heavy (non-hydrogen) atoms. The summed E-state index contributed by atoms with van der Waals surface area (Å²) in [5, 5.41) is 10.8. The van der Waals surface area contributed by atoms with Gasteiger partial charge in [0.1, 0.15) is 11.4 Å². The minimum Gasteiger partial charge on any atom is -0.361 e. The molecule has 3 aromatic rings. The van der Waals surface area contributed by atoms with Gasteiger partial charge < -0.3 is 19.6 Å². The van der Waals surface area contributed by atoms with Crippen LogP contribution in [0.15, 0.2) is 38.5 Å². The first-order valence-corrected chi connectivity index (χ1v) is 9.47. The van der Waals surface area contributed by atoms with E-state index in [1.807, 2.05) is 28.9 Å². The summed E-state index contributed by atoms with van der Waals surface area (Å²) in [7, 11) is 1.76. The van der Waals surface area contributed by atoms with E-state index in [0.29, 0.717) is 19.0 Å². The van der Waals surface area contributed by atoms with Crippen LogP contribution in [-0.2, 0) is 25.9 Å². The molecule has 0 aliphatic heterocycles. The molecule has 2 N–H and O–H groups in total. The van der Waals surface area contributed by atoms with Crippen LogP contribution in [0.1, 0.15) is 36.6 Å². The Hall–Kier alpha value is -1.62. The van der Waals surface area contributed by atoms with E-state index < -0.39 is 0 Å². The Labute approximate surface area is 184 Å². The summed E-state index contributed by atoms with van der Waals surface area (Å²) in [6, 6.07) is 3.96. The first-order valence-electron chi connectivity index (χ1n) is 8.68. The summed E-state index contributed by atoms with van der Waals surface area (Å²) >= 11 is 3.47. The van der Waals surface area contributed by atoms with Crippen molar-refractivity contribution in [2.75, 3.05) is 7.05 Å². The first-order chi connectivity index (χ1) is 12.6. The summed E-state index contributed by atoms with van der Waals surface area (Å²) in [5.41, 5.74) is 3.98. The Kier molecular flexibility index (Phi) is 8.08. The van der Waals surface area contributed by atoms with E-state index >= 15 is 0 Å². The molecule has 0 saturated carbocycles. The molecule has 0 aliphatic carbocycles. The third-order valence-corrected chi connectivity index (χ3v) is 4.63. The normalized spacial score (nSPS) is 11.5. The Morgan fingerprint density at radius 2 is 1.96 bits per heavy atom. The zero-order valence-electron chi connectivity index (χ0n) is 15.6. The zero-order valence-corrected chi connectivity index (χ0v) is 19.5. The molecule has 0 spiro atoms. The highest BCUT2D eigenvalue weighted by atomic mass is 127. The van der Waals surface area contributed by atoms with Crippen LogP contribution in [0.25, 0.3) is 5.65 Å². The van der Waals surface area contributed by atoms with Gasteiger partial charge in [0.05, 0.1) is 17.9 Å². The Bertz CT molecular complexity index is 898. The van der Waals surface area contributed by atoms with Crippen molar-refractivity contribution < 1.29 is 4.52 Å². The second-order valence-electron chi connectivity index (χ2n) is 5.86. The number of aryl methyl sites for hydroxylation is 2. The van der Waals surface area contributed by atoms with Crippen molar-refractivity contribution in [3.8, 4) is 0 Å². The maximum atomic E-state index is 5.41. The van der Waals surface area contributed by atoms with Gasteiger partial charge in [-0.05, 0) is 34.5 Å². The second-order valence-corrected chi connectivity index (χ2v) is 6.78. The lowest BCUT2D eigenvalue weighted by atomic mass is 10.1. The van der Waals surface area contributed by atoms with Crippen LogP contribution in [0.5, 0.6) is 0 Å². The van der Waals surface area contributed by atoms with Gasteiger partial charge in [-0.3, -0.25) is 4.99 Å². The fourth-order valence-corrected chi connectivity index (χ4v) is 3.16. The van der Waals surface area contributed by atoms with E-state index in [0.717, 1.165) is 45.7 Å². The molecule has 3 heterocycles. The van der Waals surface area contributed by atoms with Gasteiger partial charge in [-0.15, -0.1) is 24.0 Å². The second kappa shape index (κ2) is 10.1. The van der Waals surface area contributed by atoms with Crippen LogP contribution in [0.4, 0.5) is 0 Å². The molecule has 0 aromatic carbocycles. The van der Waals surface area contributed by atoms with E-state index in [1.165, 1.54) is 0 Å². The lowest BCUT2D eigenvalue weighted by molar-refractivity contribution is 0.380. The van der Waals surface area contributed by atoms with Gasteiger partial charge >= 0.3 is 0 Å². The van der Waals surface area contributed by atoms with Crippen molar-refractivity contribution >= 4 is 51.5 Å². The van der Waals surface area contributed by atoms with Crippen molar-refractivity contribution in [1.29, 1.82) is 0 Å². The average Bonchev–Trinajstić information content (AvgIpc) is 3.24. The Balaban J connectivity index is 0.00000261. The topological polar surface area (TPSA) is 79.8 Å². The monoisotopic (exact) mass is 546 g/mol. The number of nitrogens with zero attached hydrogens (tertiary/aromatic N) is 4. The number of guanidine groups is 1. The number of rotatable bonds is 6. The van der Waals surface area contributed by atoms with Crippen molar-refractivity contribution in [3.63, 3.8) is 0 Å². The van der Waals surface area contributed by atoms with Gasteiger partial charge in [0, 0.05) is 42.4 Å². The number of nitrogens with one attached hydrogen (secondary N) is 2. The molecule has 0 amide bonds. The van der Waals surface area contributed by atoms with Crippen molar-refractivity contribution in [2.45, 2.75) is 39.8 Å². The SMILES string of the molecule is CCc1noc(CC)c1CNC(=NC)NCc1cn2cc(Br)ccc2n1.I. The van der Waals surface area contributed by atoms with Crippen LogP contribution < -0.4 is 10.6 Å². The van der Waals surface area contributed by atoms with E-state index in [-0.39, 0.29) is 24.0 Å². The highest BCUT2D eigenvalue weighted by molar-refractivity contribution is 14.0. The summed E-state index contributed by atoms with van der Waals surface area (Å²) in [6.45, 7) is 5.37. The van der Waals surface area contributed by atoms with E-state index in [1.54, 1.807) is 7.05 Å². The largest absolute Gasteiger partial charge is 0.361 e. The molecule has 0 radical (unpaired) electrons. The molecule has 0 aliphatic rings. The van der Waals surface area contributed by atoms with Gasteiger partial charge in [0.2, 0.25) is 0 Å². The fourth-order valence-electron chi connectivity index (χ4n) is 2.81.